The Morgan fingerprint density at radius 2 is 2.33 bits per heavy atom. The van der Waals surface area contributed by atoms with E-state index in [2.05, 4.69) is 22.4 Å². The van der Waals surface area contributed by atoms with Crippen LogP contribution in [0.3, 0.4) is 0 Å². The van der Waals surface area contributed by atoms with Gasteiger partial charge in [0.1, 0.15) is 0 Å². The molecule has 2 atom stereocenters. The molecule has 0 radical (unpaired) electrons. The Kier molecular flexibility index (Phi) is 3.18. The lowest BCUT2D eigenvalue weighted by Gasteiger charge is -2.26. The number of tetrazole rings is 1. The molecule has 84 valence electrons. The second kappa shape index (κ2) is 4.59. The third-order valence-corrected chi connectivity index (χ3v) is 3.35. The van der Waals surface area contributed by atoms with E-state index in [1.165, 1.54) is 25.7 Å². The predicted molar refractivity (Wildman–Crippen MR) is 58.0 cm³/mol. The molecule has 1 aliphatic carbocycles. The highest BCUT2D eigenvalue weighted by Crippen LogP contribution is 2.30. The SMILES string of the molecule is CC1CCCC(CCn2nnnc2N)C1. The van der Waals surface area contributed by atoms with Gasteiger partial charge >= 0.3 is 0 Å². The summed E-state index contributed by atoms with van der Waals surface area (Å²) >= 11 is 0. The maximum atomic E-state index is 5.61. The molecule has 5 heteroatoms. The van der Waals surface area contributed by atoms with Crippen molar-refractivity contribution < 1.29 is 0 Å². The number of hydrogen-bond donors (Lipinski definition) is 1. The van der Waals surface area contributed by atoms with Crippen LogP contribution in [0.15, 0.2) is 0 Å². The number of nitrogens with two attached hydrogens (primary N) is 1. The van der Waals surface area contributed by atoms with Gasteiger partial charge in [0.05, 0.1) is 0 Å². The third-order valence-electron chi connectivity index (χ3n) is 3.35. The predicted octanol–water partition coefficient (Wildman–Crippen LogP) is 1.47. The van der Waals surface area contributed by atoms with Crippen molar-refractivity contribution in [2.24, 2.45) is 11.8 Å². The Bertz CT molecular complexity index is 309. The van der Waals surface area contributed by atoms with Crippen molar-refractivity contribution in [2.75, 3.05) is 5.73 Å². The molecule has 15 heavy (non-hydrogen) atoms. The summed E-state index contributed by atoms with van der Waals surface area (Å²) in [6, 6.07) is 0. The molecule has 2 unspecified atom stereocenters. The van der Waals surface area contributed by atoms with E-state index >= 15 is 0 Å². The number of anilines is 1. The molecule has 2 N–H and O–H groups in total. The number of aryl methyl sites for hydroxylation is 1. The van der Waals surface area contributed by atoms with Crippen molar-refractivity contribution in [3.63, 3.8) is 0 Å². The van der Waals surface area contributed by atoms with Crippen molar-refractivity contribution in [1.82, 2.24) is 20.2 Å². The lowest BCUT2D eigenvalue weighted by molar-refractivity contribution is 0.258. The number of aromatic nitrogens is 4. The zero-order valence-electron chi connectivity index (χ0n) is 9.26. The zero-order valence-corrected chi connectivity index (χ0v) is 9.26. The van der Waals surface area contributed by atoms with Crippen LogP contribution in [0.1, 0.15) is 39.0 Å². The Balaban J connectivity index is 1.80. The second-order valence-corrected chi connectivity index (χ2v) is 4.69. The van der Waals surface area contributed by atoms with Gasteiger partial charge in [-0.15, -0.1) is 0 Å². The fourth-order valence-electron chi connectivity index (χ4n) is 2.50. The molecule has 1 aromatic rings. The Hall–Kier alpha value is -1.13. The molecule has 0 amide bonds. The Morgan fingerprint density at radius 1 is 1.47 bits per heavy atom. The first-order valence-electron chi connectivity index (χ1n) is 5.77. The molecule has 1 aromatic heterocycles. The average Bonchev–Trinajstić information content (AvgIpc) is 2.61. The standard InChI is InChI=1S/C10H19N5/c1-8-3-2-4-9(7-8)5-6-15-10(11)12-13-14-15/h8-9H,2-7H2,1H3,(H2,11,12,14). The highest BCUT2D eigenvalue weighted by atomic mass is 15.6. The average molecular weight is 209 g/mol. The van der Waals surface area contributed by atoms with Crippen LogP contribution in [0.2, 0.25) is 0 Å². The third kappa shape index (κ3) is 2.67. The van der Waals surface area contributed by atoms with Crippen molar-refractivity contribution in [3.8, 4) is 0 Å². The van der Waals surface area contributed by atoms with Gasteiger partial charge in [-0.1, -0.05) is 31.3 Å². The van der Waals surface area contributed by atoms with Gasteiger partial charge < -0.3 is 5.73 Å². The largest absolute Gasteiger partial charge is 0.367 e. The number of rotatable bonds is 3. The van der Waals surface area contributed by atoms with Crippen molar-refractivity contribution in [2.45, 2.75) is 45.6 Å². The van der Waals surface area contributed by atoms with Gasteiger partial charge in [0.2, 0.25) is 5.95 Å². The molecule has 1 saturated carbocycles. The van der Waals surface area contributed by atoms with Gasteiger partial charge in [0.25, 0.3) is 0 Å². The van der Waals surface area contributed by atoms with E-state index in [1.807, 2.05) is 0 Å². The van der Waals surface area contributed by atoms with E-state index in [-0.39, 0.29) is 0 Å². The number of nitrogen functional groups attached to an aromatic ring is 1. The van der Waals surface area contributed by atoms with Gasteiger partial charge in [-0.2, -0.15) is 0 Å². The van der Waals surface area contributed by atoms with Crippen molar-refractivity contribution in [1.29, 1.82) is 0 Å². The molecule has 0 aromatic carbocycles. The van der Waals surface area contributed by atoms with Crippen molar-refractivity contribution in [3.05, 3.63) is 0 Å². The minimum atomic E-state index is 0.429. The van der Waals surface area contributed by atoms with E-state index in [4.69, 9.17) is 5.73 Å². The van der Waals surface area contributed by atoms with Crippen LogP contribution >= 0.6 is 0 Å². The van der Waals surface area contributed by atoms with E-state index in [9.17, 15) is 0 Å². The maximum absolute atomic E-state index is 5.61. The molecule has 0 bridgehead atoms. The molecular weight excluding hydrogens is 190 g/mol. The zero-order chi connectivity index (χ0) is 10.7. The lowest BCUT2D eigenvalue weighted by Crippen LogP contribution is -2.16. The summed E-state index contributed by atoms with van der Waals surface area (Å²) in [5.74, 6) is 2.14. The highest BCUT2D eigenvalue weighted by Gasteiger charge is 2.18. The summed E-state index contributed by atoms with van der Waals surface area (Å²) < 4.78 is 1.69. The van der Waals surface area contributed by atoms with Gasteiger partial charge in [0, 0.05) is 6.54 Å². The Labute approximate surface area is 90.0 Å². The summed E-state index contributed by atoms with van der Waals surface area (Å²) in [4.78, 5) is 0. The fraction of sp³-hybridized carbons (Fsp3) is 0.900. The van der Waals surface area contributed by atoms with Crippen LogP contribution in [-0.4, -0.2) is 20.2 Å². The summed E-state index contributed by atoms with van der Waals surface area (Å²) in [5.41, 5.74) is 5.61. The molecule has 1 fully saturated rings. The van der Waals surface area contributed by atoms with Gasteiger partial charge in [-0.05, 0) is 35.1 Å². The summed E-state index contributed by atoms with van der Waals surface area (Å²) in [6.07, 6.45) is 6.62. The molecular formula is C10H19N5. The van der Waals surface area contributed by atoms with Gasteiger partial charge in [-0.25, -0.2) is 4.68 Å². The maximum Gasteiger partial charge on any atom is 0.240 e. The van der Waals surface area contributed by atoms with Crippen LogP contribution in [0.4, 0.5) is 5.95 Å². The van der Waals surface area contributed by atoms with Crippen LogP contribution in [-0.2, 0) is 6.54 Å². The van der Waals surface area contributed by atoms with E-state index < -0.39 is 0 Å². The fourth-order valence-corrected chi connectivity index (χ4v) is 2.50. The first-order valence-corrected chi connectivity index (χ1v) is 5.77. The molecule has 0 spiro atoms. The summed E-state index contributed by atoms with van der Waals surface area (Å²) in [6.45, 7) is 3.20. The van der Waals surface area contributed by atoms with Crippen LogP contribution < -0.4 is 5.73 Å². The normalized spacial score (nSPS) is 26.7. The van der Waals surface area contributed by atoms with E-state index in [0.717, 1.165) is 24.8 Å². The molecule has 1 aliphatic rings. The summed E-state index contributed by atoms with van der Waals surface area (Å²) in [5, 5.41) is 11.1. The van der Waals surface area contributed by atoms with Crippen LogP contribution in [0, 0.1) is 11.8 Å². The minimum Gasteiger partial charge on any atom is -0.367 e. The molecule has 2 rings (SSSR count). The number of hydrogen-bond acceptors (Lipinski definition) is 4. The van der Waals surface area contributed by atoms with Gasteiger partial charge in [-0.3, -0.25) is 0 Å². The monoisotopic (exact) mass is 209 g/mol. The van der Waals surface area contributed by atoms with Crippen molar-refractivity contribution >= 4 is 5.95 Å². The van der Waals surface area contributed by atoms with Crippen LogP contribution in [0.5, 0.6) is 0 Å². The molecule has 5 nitrogen and oxygen atoms in total. The van der Waals surface area contributed by atoms with Gasteiger partial charge in [0.15, 0.2) is 0 Å². The molecule has 1 heterocycles. The minimum absolute atomic E-state index is 0.429. The van der Waals surface area contributed by atoms with E-state index in [1.54, 1.807) is 4.68 Å². The molecule has 0 aliphatic heterocycles. The first kappa shape index (κ1) is 10.4. The topological polar surface area (TPSA) is 69.6 Å². The van der Waals surface area contributed by atoms with Crippen LogP contribution in [0.25, 0.3) is 0 Å². The smallest absolute Gasteiger partial charge is 0.240 e. The summed E-state index contributed by atoms with van der Waals surface area (Å²) in [7, 11) is 0. The molecule has 0 saturated heterocycles. The lowest BCUT2D eigenvalue weighted by atomic mass is 9.81. The number of nitrogens with zero attached hydrogens (tertiary/aromatic N) is 4. The second-order valence-electron chi connectivity index (χ2n) is 4.69. The highest BCUT2D eigenvalue weighted by molar-refractivity contribution is 5.09. The quantitative estimate of drug-likeness (QED) is 0.818. The first-order chi connectivity index (χ1) is 7.25. The van der Waals surface area contributed by atoms with E-state index in [0.29, 0.717) is 5.95 Å². The Morgan fingerprint density at radius 3 is 3.00 bits per heavy atom.